The number of hydrogen-bond acceptors (Lipinski definition) is 2. The highest BCUT2D eigenvalue weighted by Crippen LogP contribution is 2.21. The standard InChI is InChI=1S/C54H56B2S2.C7H8/c1-33-25-37(5)51(38(6)26-33)55(52-39(7)27-34(2)28-40(52)8)49-23-21-47(57-49)19-17-45-13-15-46(16-14-45)18-20-48-22-24-50(58-48)56(53-41(9)29-35(3)30-42(53)10)54-43(11)31-36(4)32-44(54)12;1-7-5-3-2-4-6-7/h13-32H,1-12H3;2-6H,1H3/b19-17+,20-18+;. The van der Waals surface area contributed by atoms with Crippen LogP contribution in [-0.2, 0) is 0 Å². The van der Waals surface area contributed by atoms with E-state index in [0.29, 0.717) is 0 Å². The molecule has 4 heteroatoms. The highest BCUT2D eigenvalue weighted by molar-refractivity contribution is 7.28. The predicted molar refractivity (Wildman–Crippen MR) is 296 cm³/mol. The van der Waals surface area contributed by atoms with E-state index < -0.39 is 0 Å². The van der Waals surface area contributed by atoms with E-state index in [1.807, 2.05) is 40.9 Å². The summed E-state index contributed by atoms with van der Waals surface area (Å²) in [6, 6.07) is 47.2. The molecule has 0 N–H and O–H groups in total. The molecule has 0 nitrogen and oxygen atoms in total. The minimum Gasteiger partial charge on any atom is -0.150 e. The van der Waals surface area contributed by atoms with Gasteiger partial charge in [-0.1, -0.05) is 222 Å². The molecule has 2 aromatic heterocycles. The minimum atomic E-state index is 0.205. The Morgan fingerprint density at radius 1 is 0.292 bits per heavy atom. The second-order valence-corrected chi connectivity index (χ2v) is 20.9. The fourth-order valence-corrected chi connectivity index (χ4v) is 12.3. The molecule has 0 bridgehead atoms. The molecule has 0 aliphatic heterocycles. The fraction of sp³-hybridized carbons (Fsp3) is 0.213. The van der Waals surface area contributed by atoms with Crippen LogP contribution >= 0.6 is 22.7 Å². The zero-order valence-electron chi connectivity index (χ0n) is 40.9. The van der Waals surface area contributed by atoms with Gasteiger partial charge in [0.15, 0.2) is 0 Å². The second-order valence-electron chi connectivity index (χ2n) is 18.6. The van der Waals surface area contributed by atoms with Gasteiger partial charge in [-0.25, -0.2) is 0 Å². The molecule has 0 atom stereocenters. The molecule has 8 rings (SSSR count). The summed E-state index contributed by atoms with van der Waals surface area (Å²) in [6.07, 6.45) is 9.05. The van der Waals surface area contributed by atoms with Crippen molar-refractivity contribution in [3.05, 3.63) is 221 Å². The Labute approximate surface area is 400 Å². The third-order valence-corrected chi connectivity index (χ3v) is 15.0. The van der Waals surface area contributed by atoms with Gasteiger partial charge in [0.2, 0.25) is 0 Å². The smallest absolute Gasteiger partial charge is 0.150 e. The van der Waals surface area contributed by atoms with Crippen molar-refractivity contribution < 1.29 is 0 Å². The van der Waals surface area contributed by atoms with Crippen LogP contribution in [0.15, 0.2) is 127 Å². The zero-order valence-corrected chi connectivity index (χ0v) is 42.5. The number of benzene rings is 6. The van der Waals surface area contributed by atoms with Crippen molar-refractivity contribution in [2.75, 3.05) is 0 Å². The quantitative estimate of drug-likeness (QED) is 0.120. The monoisotopic (exact) mass is 882 g/mol. The maximum Gasteiger partial charge on any atom is 0.255 e. The molecule has 2 heterocycles. The van der Waals surface area contributed by atoms with Crippen LogP contribution in [0.5, 0.6) is 0 Å². The van der Waals surface area contributed by atoms with Gasteiger partial charge in [0.25, 0.3) is 13.4 Å². The third-order valence-electron chi connectivity index (χ3n) is 12.7. The summed E-state index contributed by atoms with van der Waals surface area (Å²) in [5.41, 5.74) is 25.7. The highest BCUT2D eigenvalue weighted by Gasteiger charge is 2.31. The van der Waals surface area contributed by atoms with E-state index in [9.17, 15) is 0 Å². The molecule has 0 radical (unpaired) electrons. The highest BCUT2D eigenvalue weighted by atomic mass is 32.1. The van der Waals surface area contributed by atoms with Gasteiger partial charge < -0.3 is 0 Å². The number of hydrogen-bond donors (Lipinski definition) is 0. The number of rotatable bonds is 10. The molecule has 326 valence electrons. The molecular weight excluding hydrogens is 818 g/mol. The summed E-state index contributed by atoms with van der Waals surface area (Å²) in [6.45, 7) is 29.6. The van der Waals surface area contributed by atoms with Crippen molar-refractivity contribution in [1.82, 2.24) is 0 Å². The molecule has 0 aliphatic carbocycles. The van der Waals surface area contributed by atoms with E-state index in [0.717, 1.165) is 0 Å². The van der Waals surface area contributed by atoms with E-state index in [1.165, 1.54) is 125 Å². The SMILES string of the molecule is Cc1cc(C)c(B(c2ccc(/C=C/c3ccc(/C=C/c4ccc(B(c5c(C)cc(C)cc5C)c5c(C)cc(C)cc5C)s4)cc3)s2)c2c(C)cc(C)cc2C)c(C)c1.Cc1ccccc1. The predicted octanol–water partition coefficient (Wildman–Crippen LogP) is 12.9. The van der Waals surface area contributed by atoms with Crippen LogP contribution in [0.25, 0.3) is 24.3 Å². The zero-order chi connectivity index (χ0) is 46.5. The minimum absolute atomic E-state index is 0.205. The molecule has 0 saturated heterocycles. The molecule has 0 spiro atoms. The lowest BCUT2D eigenvalue weighted by Gasteiger charge is -2.23. The average Bonchev–Trinajstić information content (AvgIpc) is 3.91. The molecule has 0 aliphatic rings. The van der Waals surface area contributed by atoms with Crippen molar-refractivity contribution in [2.45, 2.75) is 90.0 Å². The summed E-state index contributed by atoms with van der Waals surface area (Å²) in [5.74, 6) is 0. The van der Waals surface area contributed by atoms with Crippen molar-refractivity contribution in [3.63, 3.8) is 0 Å². The first-order chi connectivity index (χ1) is 31.1. The van der Waals surface area contributed by atoms with Crippen molar-refractivity contribution in [2.24, 2.45) is 0 Å². The maximum atomic E-state index is 2.35. The second kappa shape index (κ2) is 20.7. The first-order valence-electron chi connectivity index (χ1n) is 23.0. The van der Waals surface area contributed by atoms with Gasteiger partial charge in [-0.05, 0) is 135 Å². The van der Waals surface area contributed by atoms with Gasteiger partial charge in [0, 0.05) is 9.75 Å². The fourth-order valence-electron chi connectivity index (χ4n) is 10.3. The van der Waals surface area contributed by atoms with Crippen LogP contribution < -0.4 is 31.4 Å². The first kappa shape index (κ1) is 47.3. The van der Waals surface area contributed by atoms with Crippen molar-refractivity contribution in [1.29, 1.82) is 0 Å². The summed E-state index contributed by atoms with van der Waals surface area (Å²) < 4.78 is 2.78. The molecule has 0 amide bonds. The lowest BCUT2D eigenvalue weighted by molar-refractivity contribution is 1.34. The van der Waals surface area contributed by atoms with E-state index >= 15 is 0 Å². The Morgan fingerprint density at radius 3 is 0.815 bits per heavy atom. The van der Waals surface area contributed by atoms with E-state index in [2.05, 4.69) is 224 Å². The van der Waals surface area contributed by atoms with Gasteiger partial charge in [-0.3, -0.25) is 0 Å². The molecule has 8 aromatic rings. The largest absolute Gasteiger partial charge is 0.255 e. The Kier molecular flexibility index (Phi) is 15.0. The van der Waals surface area contributed by atoms with Gasteiger partial charge in [-0.15, -0.1) is 22.7 Å². The lowest BCUT2D eigenvalue weighted by atomic mass is 9.37. The first-order valence-corrected chi connectivity index (χ1v) is 24.7. The van der Waals surface area contributed by atoms with Gasteiger partial charge in [-0.2, -0.15) is 0 Å². The summed E-state index contributed by atoms with van der Waals surface area (Å²) in [5, 5.41) is 0. The third kappa shape index (κ3) is 11.2. The van der Waals surface area contributed by atoms with Crippen LogP contribution in [-0.4, -0.2) is 13.4 Å². The molecule has 0 unspecified atom stereocenters. The maximum absolute atomic E-state index is 2.35. The summed E-state index contributed by atoms with van der Waals surface area (Å²) in [4.78, 5) is 2.54. The normalized spacial score (nSPS) is 11.3. The summed E-state index contributed by atoms with van der Waals surface area (Å²) >= 11 is 3.82. The van der Waals surface area contributed by atoms with Crippen molar-refractivity contribution in [3.8, 4) is 0 Å². The van der Waals surface area contributed by atoms with E-state index in [4.69, 9.17) is 0 Å². The van der Waals surface area contributed by atoms with Crippen LogP contribution in [0.2, 0.25) is 0 Å². The summed E-state index contributed by atoms with van der Waals surface area (Å²) in [7, 11) is 0. The lowest BCUT2D eigenvalue weighted by Crippen LogP contribution is -2.54. The van der Waals surface area contributed by atoms with Crippen LogP contribution in [0.1, 0.15) is 93.2 Å². The van der Waals surface area contributed by atoms with Crippen LogP contribution in [0.3, 0.4) is 0 Å². The topological polar surface area (TPSA) is 0 Å². The molecule has 6 aromatic carbocycles. The van der Waals surface area contributed by atoms with Crippen LogP contribution in [0.4, 0.5) is 0 Å². The Morgan fingerprint density at radius 2 is 0.569 bits per heavy atom. The van der Waals surface area contributed by atoms with Crippen molar-refractivity contribution >= 4 is 91.8 Å². The molecule has 65 heavy (non-hydrogen) atoms. The molecule has 0 fully saturated rings. The van der Waals surface area contributed by atoms with Gasteiger partial charge in [0.05, 0.1) is 0 Å². The number of aryl methyl sites for hydroxylation is 13. The number of thiophene rings is 2. The molecule has 0 saturated carbocycles. The van der Waals surface area contributed by atoms with Gasteiger partial charge >= 0.3 is 0 Å². The van der Waals surface area contributed by atoms with E-state index in [-0.39, 0.29) is 13.4 Å². The van der Waals surface area contributed by atoms with Gasteiger partial charge in [0.1, 0.15) is 0 Å². The Balaban J connectivity index is 0.000000822. The van der Waals surface area contributed by atoms with Crippen LogP contribution in [0, 0.1) is 90.0 Å². The Hall–Kier alpha value is -5.67. The average molecular weight is 883 g/mol. The molecular formula is C61H64B2S2. The Bertz CT molecular complexity index is 2620. The van der Waals surface area contributed by atoms with E-state index in [1.54, 1.807) is 0 Å².